The molecule has 11 nitrogen and oxygen atoms in total. The van der Waals surface area contributed by atoms with E-state index < -0.39 is 18.2 Å². The van der Waals surface area contributed by atoms with Gasteiger partial charge in [-0.25, -0.2) is 14.8 Å². The van der Waals surface area contributed by atoms with Crippen molar-refractivity contribution in [2.75, 3.05) is 26.7 Å². The van der Waals surface area contributed by atoms with Crippen LogP contribution in [-0.4, -0.2) is 86.7 Å². The third kappa shape index (κ3) is 6.86. The van der Waals surface area contributed by atoms with Crippen LogP contribution in [0.25, 0.3) is 11.3 Å². The minimum Gasteiger partial charge on any atom is -0.508 e. The summed E-state index contributed by atoms with van der Waals surface area (Å²) in [5.74, 6) is 0.270. The maximum atomic E-state index is 14.3. The van der Waals surface area contributed by atoms with Crippen molar-refractivity contribution in [1.82, 2.24) is 30.1 Å². The molecule has 2 N–H and O–H groups in total. The van der Waals surface area contributed by atoms with Crippen LogP contribution in [0.5, 0.6) is 11.5 Å². The van der Waals surface area contributed by atoms with Gasteiger partial charge in [-0.3, -0.25) is 14.6 Å². The first-order chi connectivity index (χ1) is 23.4. The second kappa shape index (κ2) is 14.4. The van der Waals surface area contributed by atoms with E-state index in [1.807, 2.05) is 72.8 Å². The number of hydrazine groups is 1. The van der Waals surface area contributed by atoms with Crippen molar-refractivity contribution >= 4 is 17.8 Å². The van der Waals surface area contributed by atoms with Crippen LogP contribution in [0.1, 0.15) is 16.8 Å². The molecule has 2 atom stereocenters. The number of piperazine rings is 1. The second-order valence-electron chi connectivity index (χ2n) is 11.7. The summed E-state index contributed by atoms with van der Waals surface area (Å²) < 4.78 is 5.55. The molecule has 11 heteroatoms. The van der Waals surface area contributed by atoms with Gasteiger partial charge < -0.3 is 25.0 Å². The molecular weight excluding hydrogens is 608 g/mol. The molecule has 48 heavy (non-hydrogen) atoms. The number of aromatic hydroxyl groups is 1. The molecule has 0 aliphatic carbocycles. The normalized spacial score (nSPS) is 18.0. The first-order valence-corrected chi connectivity index (χ1v) is 15.8. The first-order valence-electron chi connectivity index (χ1n) is 15.8. The van der Waals surface area contributed by atoms with Gasteiger partial charge in [-0.2, -0.15) is 0 Å². The predicted octanol–water partition coefficient (Wildman–Crippen LogP) is 4.20. The zero-order chi connectivity index (χ0) is 33.6. The van der Waals surface area contributed by atoms with E-state index in [0.29, 0.717) is 17.1 Å². The number of amides is 4. The topological polar surface area (TPSA) is 119 Å². The molecule has 3 aromatic carbocycles. The van der Waals surface area contributed by atoms with Crippen LogP contribution in [0.3, 0.4) is 0 Å². The molecule has 1 aromatic heterocycles. The van der Waals surface area contributed by atoms with Gasteiger partial charge in [-0.1, -0.05) is 66.7 Å². The van der Waals surface area contributed by atoms with Gasteiger partial charge in [-0.15, -0.1) is 6.58 Å². The Hall–Kier alpha value is -5.68. The number of phenols is 1. The van der Waals surface area contributed by atoms with Crippen molar-refractivity contribution in [2.45, 2.75) is 31.7 Å². The highest BCUT2D eigenvalue weighted by Crippen LogP contribution is 2.31. The van der Waals surface area contributed by atoms with Crippen molar-refractivity contribution in [3.63, 3.8) is 0 Å². The summed E-state index contributed by atoms with van der Waals surface area (Å²) in [4.78, 5) is 50.3. The minimum absolute atomic E-state index is 0.0730. The molecule has 0 spiro atoms. The summed E-state index contributed by atoms with van der Waals surface area (Å²) in [7, 11) is 1.61. The van der Waals surface area contributed by atoms with Crippen molar-refractivity contribution in [2.24, 2.45) is 0 Å². The number of nitrogens with one attached hydrogen (secondary N) is 1. The summed E-state index contributed by atoms with van der Waals surface area (Å²) in [6.45, 7) is 4.54. The summed E-state index contributed by atoms with van der Waals surface area (Å²) in [6.07, 6.45) is 1.06. The van der Waals surface area contributed by atoms with Crippen LogP contribution < -0.4 is 10.1 Å². The van der Waals surface area contributed by atoms with Crippen LogP contribution in [0.2, 0.25) is 0 Å². The third-order valence-electron chi connectivity index (χ3n) is 8.57. The molecule has 6 rings (SSSR count). The number of urea groups is 1. The monoisotopic (exact) mass is 646 g/mol. The average molecular weight is 647 g/mol. The largest absolute Gasteiger partial charge is 0.508 e. The van der Waals surface area contributed by atoms with Crippen molar-refractivity contribution < 1.29 is 24.2 Å². The fourth-order valence-electron chi connectivity index (χ4n) is 6.32. The maximum Gasteiger partial charge on any atom is 0.334 e. The SMILES string of the molecule is C=CCN1CC(=O)N2C(Cc3ccc(O)cc3)C(=O)N(Cc3cccc(-c4ccccc4OC)n3)CC2N1C(=O)NCc1ccccc1. The summed E-state index contributed by atoms with van der Waals surface area (Å²) in [6, 6.07) is 28.1. The highest BCUT2D eigenvalue weighted by molar-refractivity contribution is 5.91. The van der Waals surface area contributed by atoms with Gasteiger partial charge in [0, 0.05) is 25.1 Å². The summed E-state index contributed by atoms with van der Waals surface area (Å²) >= 11 is 0. The van der Waals surface area contributed by atoms with Crippen LogP contribution in [0.15, 0.2) is 110 Å². The Morgan fingerprint density at radius 1 is 0.979 bits per heavy atom. The Morgan fingerprint density at radius 2 is 1.73 bits per heavy atom. The lowest BCUT2D eigenvalue weighted by Gasteiger charge is -2.55. The van der Waals surface area contributed by atoms with Gasteiger partial charge in [-0.05, 0) is 47.5 Å². The number of pyridine rings is 1. The number of aromatic nitrogens is 1. The second-order valence-corrected chi connectivity index (χ2v) is 11.7. The lowest BCUT2D eigenvalue weighted by atomic mass is 9.98. The molecule has 4 aromatic rings. The maximum absolute atomic E-state index is 14.3. The van der Waals surface area contributed by atoms with Gasteiger partial charge in [0.1, 0.15) is 23.7 Å². The van der Waals surface area contributed by atoms with E-state index in [4.69, 9.17) is 9.72 Å². The fraction of sp³-hybridized carbons (Fsp3) is 0.243. The number of carbonyl (C=O) groups excluding carboxylic acids is 3. The van der Waals surface area contributed by atoms with Crippen molar-refractivity contribution in [1.29, 1.82) is 0 Å². The molecule has 4 amide bonds. The number of hydrogen-bond donors (Lipinski definition) is 2. The van der Waals surface area contributed by atoms with Crippen LogP contribution in [0.4, 0.5) is 4.79 Å². The minimum atomic E-state index is -0.895. The van der Waals surface area contributed by atoms with E-state index in [1.54, 1.807) is 57.3 Å². The molecule has 246 valence electrons. The third-order valence-corrected chi connectivity index (χ3v) is 8.57. The number of carbonyl (C=O) groups is 3. The molecule has 0 radical (unpaired) electrons. The van der Waals surface area contributed by atoms with Gasteiger partial charge in [0.05, 0.1) is 38.1 Å². The smallest absolute Gasteiger partial charge is 0.334 e. The van der Waals surface area contributed by atoms with Crippen molar-refractivity contribution in [3.8, 4) is 22.8 Å². The predicted molar refractivity (Wildman–Crippen MR) is 180 cm³/mol. The Labute approximate surface area is 279 Å². The highest BCUT2D eigenvalue weighted by Gasteiger charge is 2.51. The number of para-hydroxylation sites is 1. The Morgan fingerprint density at radius 3 is 2.48 bits per heavy atom. The van der Waals surface area contributed by atoms with Gasteiger partial charge >= 0.3 is 6.03 Å². The number of phenolic OH excluding ortho intramolecular Hbond substituents is 1. The molecular formula is C37H38N6O5. The number of rotatable bonds is 10. The number of ether oxygens (including phenoxy) is 1. The summed E-state index contributed by atoms with van der Waals surface area (Å²) in [5.41, 5.74) is 3.86. The number of hydrogen-bond acceptors (Lipinski definition) is 7. The van der Waals surface area contributed by atoms with Gasteiger partial charge in [0.25, 0.3) is 0 Å². The Bertz CT molecular complexity index is 1780. The Kier molecular flexibility index (Phi) is 9.67. The molecule has 2 unspecified atom stereocenters. The number of benzene rings is 3. The lowest BCUT2D eigenvalue weighted by molar-refractivity contribution is -0.189. The zero-order valence-corrected chi connectivity index (χ0v) is 26.7. The van der Waals surface area contributed by atoms with Crippen LogP contribution in [-0.2, 0) is 29.1 Å². The van der Waals surface area contributed by atoms with Crippen molar-refractivity contribution in [3.05, 3.63) is 127 Å². The van der Waals surface area contributed by atoms with Crippen LogP contribution in [0, 0.1) is 0 Å². The van der Waals surface area contributed by atoms with Crippen LogP contribution >= 0.6 is 0 Å². The van der Waals surface area contributed by atoms with E-state index in [9.17, 15) is 19.5 Å². The molecule has 2 saturated heterocycles. The molecule has 3 heterocycles. The van der Waals surface area contributed by atoms with E-state index in [0.717, 1.165) is 16.7 Å². The molecule has 0 bridgehead atoms. The highest BCUT2D eigenvalue weighted by atomic mass is 16.5. The van der Waals surface area contributed by atoms with E-state index >= 15 is 0 Å². The fourth-order valence-corrected chi connectivity index (χ4v) is 6.32. The average Bonchev–Trinajstić information content (AvgIpc) is 3.10. The summed E-state index contributed by atoms with van der Waals surface area (Å²) in [5, 5.41) is 16.1. The lowest BCUT2D eigenvalue weighted by Crippen LogP contribution is -2.76. The number of fused-ring (bicyclic) bond motifs is 1. The van der Waals surface area contributed by atoms with E-state index in [2.05, 4.69) is 11.9 Å². The van der Waals surface area contributed by atoms with E-state index in [-0.39, 0.29) is 56.7 Å². The van der Waals surface area contributed by atoms with Gasteiger partial charge in [0.15, 0.2) is 0 Å². The zero-order valence-electron chi connectivity index (χ0n) is 26.7. The quantitative estimate of drug-likeness (QED) is 0.248. The Balaban J connectivity index is 1.35. The number of nitrogens with zero attached hydrogens (tertiary/aromatic N) is 5. The molecule has 2 fully saturated rings. The molecule has 2 aliphatic heterocycles. The first kappa shape index (κ1) is 32.3. The molecule has 0 saturated carbocycles. The molecule has 2 aliphatic rings. The standard InChI is InChI=1S/C37H38N6O5/c1-3-20-41-25-35(45)42-32(21-26-16-18-29(44)19-17-26)36(46)40(24-34(42)43(41)37(47)38-22-27-10-5-4-6-11-27)23-28-12-9-14-31(39-28)30-13-7-8-15-33(30)48-2/h3-19,32,34,44H,1,20-25H2,2H3,(H,38,47). The van der Waals surface area contributed by atoms with Gasteiger partial charge in [0.2, 0.25) is 11.8 Å². The number of methoxy groups -OCH3 is 1. The van der Waals surface area contributed by atoms with E-state index in [1.165, 1.54) is 0 Å².